The van der Waals surface area contributed by atoms with Crippen molar-refractivity contribution in [3.8, 4) is 0 Å². The molecular formula is C16H24N4. The molecule has 0 unspecified atom stereocenters. The zero-order chi connectivity index (χ0) is 13.9. The van der Waals surface area contributed by atoms with Crippen molar-refractivity contribution in [3.05, 3.63) is 11.8 Å². The summed E-state index contributed by atoms with van der Waals surface area (Å²) in [5.41, 5.74) is 7.49. The maximum absolute atomic E-state index is 6.26. The van der Waals surface area contributed by atoms with E-state index in [1.54, 1.807) is 0 Å². The zero-order valence-electron chi connectivity index (χ0n) is 12.4. The predicted octanol–water partition coefficient (Wildman–Crippen LogP) is 2.66. The molecule has 0 aliphatic heterocycles. The lowest BCUT2D eigenvalue weighted by atomic mass is 9.51. The first-order valence-corrected chi connectivity index (χ1v) is 7.91. The molecule has 0 amide bonds. The first-order chi connectivity index (χ1) is 9.61. The summed E-state index contributed by atoms with van der Waals surface area (Å²) in [6.07, 6.45) is 9.13. The molecule has 20 heavy (non-hydrogen) atoms. The highest BCUT2D eigenvalue weighted by Crippen LogP contribution is 2.60. The minimum atomic E-state index is 0.624. The second kappa shape index (κ2) is 4.34. The van der Waals surface area contributed by atoms with E-state index in [-0.39, 0.29) is 0 Å². The maximum Gasteiger partial charge on any atom is 0.226 e. The van der Waals surface area contributed by atoms with Gasteiger partial charge in [0.2, 0.25) is 5.95 Å². The van der Waals surface area contributed by atoms with Crippen molar-refractivity contribution in [1.29, 1.82) is 0 Å². The van der Waals surface area contributed by atoms with Gasteiger partial charge in [0.15, 0.2) is 0 Å². The molecule has 1 aromatic heterocycles. The minimum Gasteiger partial charge on any atom is -0.383 e. The Bertz CT molecular complexity index is 497. The fourth-order valence-corrected chi connectivity index (χ4v) is 5.30. The van der Waals surface area contributed by atoms with E-state index in [2.05, 4.69) is 9.97 Å². The van der Waals surface area contributed by atoms with E-state index in [1.165, 1.54) is 37.7 Å². The Labute approximate surface area is 120 Å². The number of hydrogen-bond donors (Lipinski definition) is 1. The molecule has 4 bridgehead atoms. The Hall–Kier alpha value is -1.32. The lowest BCUT2D eigenvalue weighted by Gasteiger charge is -2.54. The largest absolute Gasteiger partial charge is 0.383 e. The van der Waals surface area contributed by atoms with E-state index in [0.29, 0.717) is 11.7 Å². The van der Waals surface area contributed by atoms with Crippen LogP contribution in [0.4, 0.5) is 11.8 Å². The Morgan fingerprint density at radius 2 is 1.65 bits per heavy atom. The van der Waals surface area contributed by atoms with E-state index in [1.807, 2.05) is 25.2 Å². The molecule has 1 heterocycles. The summed E-state index contributed by atoms with van der Waals surface area (Å²) >= 11 is 0. The van der Waals surface area contributed by atoms with Gasteiger partial charge in [-0.2, -0.15) is 4.98 Å². The van der Waals surface area contributed by atoms with E-state index >= 15 is 0 Å². The molecule has 0 saturated heterocycles. The second-order valence-electron chi connectivity index (χ2n) is 7.36. The molecule has 4 aliphatic rings. The number of nitrogen functional groups attached to an aromatic ring is 1. The third-order valence-corrected chi connectivity index (χ3v) is 5.82. The van der Waals surface area contributed by atoms with E-state index < -0.39 is 0 Å². The van der Waals surface area contributed by atoms with Crippen LogP contribution in [-0.2, 0) is 0 Å². The monoisotopic (exact) mass is 272 g/mol. The number of hydrogen-bond acceptors (Lipinski definition) is 4. The standard InChI is InChI=1S/C16H24N4/c1-20(2)16-18-8-13(15(17)19-16)14-11-4-9-3-10(6-11)7-12(14)5-9/h8-12,14H,3-7H2,1-2H3,(H2,17,18,19). The Balaban J connectivity index is 1.67. The van der Waals surface area contributed by atoms with Crippen molar-refractivity contribution in [2.45, 2.75) is 38.0 Å². The zero-order valence-corrected chi connectivity index (χ0v) is 12.4. The van der Waals surface area contributed by atoms with Crippen LogP contribution in [0.1, 0.15) is 43.6 Å². The quantitative estimate of drug-likeness (QED) is 0.899. The van der Waals surface area contributed by atoms with Gasteiger partial charge in [-0.25, -0.2) is 4.98 Å². The van der Waals surface area contributed by atoms with Crippen molar-refractivity contribution < 1.29 is 0 Å². The van der Waals surface area contributed by atoms with Crippen molar-refractivity contribution in [2.24, 2.45) is 23.7 Å². The number of aromatic nitrogens is 2. The van der Waals surface area contributed by atoms with Crippen LogP contribution in [0.5, 0.6) is 0 Å². The summed E-state index contributed by atoms with van der Waals surface area (Å²) in [6, 6.07) is 0. The van der Waals surface area contributed by atoms with Crippen molar-refractivity contribution in [1.82, 2.24) is 9.97 Å². The van der Waals surface area contributed by atoms with Crippen molar-refractivity contribution >= 4 is 11.8 Å². The summed E-state index contributed by atoms with van der Waals surface area (Å²) < 4.78 is 0. The van der Waals surface area contributed by atoms with Crippen LogP contribution < -0.4 is 10.6 Å². The van der Waals surface area contributed by atoms with Crippen LogP contribution in [0.25, 0.3) is 0 Å². The Morgan fingerprint density at radius 1 is 1.05 bits per heavy atom. The predicted molar refractivity (Wildman–Crippen MR) is 80.6 cm³/mol. The summed E-state index contributed by atoms with van der Waals surface area (Å²) in [5.74, 6) is 5.72. The molecule has 4 fully saturated rings. The fraction of sp³-hybridized carbons (Fsp3) is 0.750. The molecule has 0 atom stereocenters. The van der Waals surface area contributed by atoms with Crippen molar-refractivity contribution in [2.75, 3.05) is 24.7 Å². The first-order valence-electron chi connectivity index (χ1n) is 7.91. The lowest BCUT2D eigenvalue weighted by molar-refractivity contribution is -0.00273. The van der Waals surface area contributed by atoms with Crippen molar-refractivity contribution in [3.63, 3.8) is 0 Å². The van der Waals surface area contributed by atoms with Gasteiger partial charge in [0.05, 0.1) is 0 Å². The van der Waals surface area contributed by atoms with E-state index in [4.69, 9.17) is 5.73 Å². The van der Waals surface area contributed by atoms with Gasteiger partial charge in [0, 0.05) is 25.9 Å². The molecule has 4 heteroatoms. The normalized spacial score (nSPS) is 38.2. The van der Waals surface area contributed by atoms with Crippen LogP contribution in [-0.4, -0.2) is 24.1 Å². The highest BCUT2D eigenvalue weighted by Gasteiger charge is 2.49. The second-order valence-corrected chi connectivity index (χ2v) is 7.36. The summed E-state index contributed by atoms with van der Waals surface area (Å²) in [7, 11) is 3.91. The number of anilines is 2. The van der Waals surface area contributed by atoms with Crippen LogP contribution >= 0.6 is 0 Å². The van der Waals surface area contributed by atoms with Gasteiger partial charge in [-0.1, -0.05) is 0 Å². The van der Waals surface area contributed by atoms with Gasteiger partial charge in [-0.05, 0) is 61.7 Å². The number of rotatable bonds is 2. The van der Waals surface area contributed by atoms with Gasteiger partial charge in [-0.3, -0.25) is 0 Å². The smallest absolute Gasteiger partial charge is 0.226 e. The lowest BCUT2D eigenvalue weighted by Crippen LogP contribution is -2.44. The molecule has 0 spiro atoms. The molecule has 5 rings (SSSR count). The maximum atomic E-state index is 6.26. The Morgan fingerprint density at radius 3 is 2.15 bits per heavy atom. The van der Waals surface area contributed by atoms with E-state index in [9.17, 15) is 0 Å². The van der Waals surface area contributed by atoms with Crippen LogP contribution in [0.15, 0.2) is 6.20 Å². The summed E-state index contributed by atoms with van der Waals surface area (Å²) in [5, 5.41) is 0. The molecular weight excluding hydrogens is 248 g/mol. The molecule has 0 radical (unpaired) electrons. The highest BCUT2D eigenvalue weighted by molar-refractivity contribution is 5.46. The van der Waals surface area contributed by atoms with Gasteiger partial charge < -0.3 is 10.6 Å². The molecule has 4 saturated carbocycles. The topological polar surface area (TPSA) is 55.0 Å². The van der Waals surface area contributed by atoms with Gasteiger partial charge >= 0.3 is 0 Å². The third-order valence-electron chi connectivity index (χ3n) is 5.82. The molecule has 4 nitrogen and oxygen atoms in total. The number of nitrogens with two attached hydrogens (primary N) is 1. The SMILES string of the molecule is CN(C)c1ncc(C2C3CC4CC(C3)CC2C4)c(N)n1. The average molecular weight is 272 g/mol. The molecule has 4 aliphatic carbocycles. The average Bonchev–Trinajstić information content (AvgIpc) is 2.38. The summed E-state index contributed by atoms with van der Waals surface area (Å²) in [4.78, 5) is 10.9. The van der Waals surface area contributed by atoms with Gasteiger partial charge in [0.1, 0.15) is 5.82 Å². The minimum absolute atomic E-state index is 0.624. The molecule has 1 aromatic rings. The Kier molecular flexibility index (Phi) is 2.69. The van der Waals surface area contributed by atoms with Gasteiger partial charge in [-0.15, -0.1) is 0 Å². The number of nitrogens with zero attached hydrogens (tertiary/aromatic N) is 3. The fourth-order valence-electron chi connectivity index (χ4n) is 5.30. The van der Waals surface area contributed by atoms with Crippen LogP contribution in [0, 0.1) is 23.7 Å². The van der Waals surface area contributed by atoms with E-state index in [0.717, 1.165) is 29.6 Å². The summed E-state index contributed by atoms with van der Waals surface area (Å²) in [6.45, 7) is 0. The first kappa shape index (κ1) is 12.4. The molecule has 0 aromatic carbocycles. The van der Waals surface area contributed by atoms with Gasteiger partial charge in [0.25, 0.3) is 0 Å². The molecule has 2 N–H and O–H groups in total. The van der Waals surface area contributed by atoms with Crippen LogP contribution in [0.3, 0.4) is 0 Å². The highest BCUT2D eigenvalue weighted by atomic mass is 15.2. The molecule has 108 valence electrons. The van der Waals surface area contributed by atoms with Crippen LogP contribution in [0.2, 0.25) is 0 Å². The third kappa shape index (κ3) is 1.80.